The minimum atomic E-state index is -5.09. The summed E-state index contributed by atoms with van der Waals surface area (Å²) in [5.41, 5.74) is 4.89. The van der Waals surface area contributed by atoms with E-state index in [1.165, 1.54) is 11.0 Å². The van der Waals surface area contributed by atoms with Crippen LogP contribution in [0.15, 0.2) is 18.2 Å². The molecule has 1 saturated heterocycles. The van der Waals surface area contributed by atoms with Crippen molar-refractivity contribution in [1.82, 2.24) is 4.90 Å². The maximum absolute atomic E-state index is 12.9. The van der Waals surface area contributed by atoms with Gasteiger partial charge in [-0.25, -0.2) is 0 Å². The number of hydrogen-bond donors (Lipinski definition) is 2. The monoisotopic (exact) mass is 508 g/mol. The quantitative estimate of drug-likeness (QED) is 0.498. The number of benzene rings is 1. The molecule has 1 aromatic rings. The number of anilines is 2. The van der Waals surface area contributed by atoms with Crippen LogP contribution in [0, 0.1) is 0 Å². The van der Waals surface area contributed by atoms with Crippen LogP contribution in [-0.2, 0) is 14.3 Å². The van der Waals surface area contributed by atoms with E-state index in [0.717, 1.165) is 12.1 Å². The average molecular weight is 508 g/mol. The fourth-order valence-corrected chi connectivity index (χ4v) is 3.14. The molecule has 0 bridgehead atoms. The van der Waals surface area contributed by atoms with Crippen LogP contribution < -0.4 is 20.7 Å². The molecule has 34 heavy (non-hydrogen) atoms. The summed E-state index contributed by atoms with van der Waals surface area (Å²) in [5, 5.41) is 1.98. The Morgan fingerprint density at radius 1 is 1.18 bits per heavy atom. The second-order valence-corrected chi connectivity index (χ2v) is 7.03. The molecule has 3 N–H and O–H groups in total. The lowest BCUT2D eigenvalue weighted by Gasteiger charge is -2.31. The van der Waals surface area contributed by atoms with Crippen molar-refractivity contribution in [2.45, 2.75) is 25.0 Å². The molecule has 1 heterocycles. The SMILES string of the molecule is NC[C@H](C(=O)Nc1ccc(N2CCOCC2=O)cc1OC(F)F)N(CC(F)(F)F)CC(F)(F)F. The van der Waals surface area contributed by atoms with Crippen LogP contribution in [0.4, 0.5) is 46.5 Å². The van der Waals surface area contributed by atoms with Crippen LogP contribution in [0.5, 0.6) is 5.75 Å². The lowest BCUT2D eigenvalue weighted by molar-refractivity contribution is -0.186. The first kappa shape index (κ1) is 27.5. The Morgan fingerprint density at radius 2 is 1.79 bits per heavy atom. The van der Waals surface area contributed by atoms with E-state index in [1.807, 2.05) is 5.32 Å². The fraction of sp³-hybridized carbons (Fsp3) is 0.556. The van der Waals surface area contributed by atoms with E-state index in [9.17, 15) is 44.7 Å². The van der Waals surface area contributed by atoms with Crippen LogP contribution in [0.25, 0.3) is 0 Å². The van der Waals surface area contributed by atoms with Gasteiger partial charge in [0, 0.05) is 24.8 Å². The molecular weight excluding hydrogens is 488 g/mol. The van der Waals surface area contributed by atoms with Crippen molar-refractivity contribution in [1.29, 1.82) is 0 Å². The van der Waals surface area contributed by atoms with Gasteiger partial charge in [0.1, 0.15) is 12.6 Å². The van der Waals surface area contributed by atoms with Gasteiger partial charge in [0.15, 0.2) is 5.75 Å². The molecule has 1 aromatic carbocycles. The first-order valence-corrected chi connectivity index (χ1v) is 9.55. The summed E-state index contributed by atoms with van der Waals surface area (Å²) in [7, 11) is 0. The molecule has 1 aliphatic heterocycles. The largest absolute Gasteiger partial charge is 0.433 e. The summed E-state index contributed by atoms with van der Waals surface area (Å²) >= 11 is 0. The van der Waals surface area contributed by atoms with Gasteiger partial charge in [0.25, 0.3) is 5.91 Å². The summed E-state index contributed by atoms with van der Waals surface area (Å²) in [6.07, 6.45) is -10.2. The first-order chi connectivity index (χ1) is 15.7. The minimum Gasteiger partial charge on any atom is -0.433 e. The summed E-state index contributed by atoms with van der Waals surface area (Å²) in [4.78, 5) is 25.5. The number of carbonyl (C=O) groups excluding carboxylic acids is 2. The van der Waals surface area contributed by atoms with Crippen molar-refractivity contribution >= 4 is 23.2 Å². The molecule has 0 saturated carbocycles. The van der Waals surface area contributed by atoms with Crippen LogP contribution >= 0.6 is 0 Å². The third-order valence-electron chi connectivity index (χ3n) is 4.47. The van der Waals surface area contributed by atoms with Gasteiger partial charge in [0.2, 0.25) is 5.91 Å². The summed E-state index contributed by atoms with van der Waals surface area (Å²) in [6.45, 7) is -8.57. The maximum Gasteiger partial charge on any atom is 0.401 e. The molecule has 0 radical (unpaired) electrons. The van der Waals surface area contributed by atoms with E-state index in [2.05, 4.69) is 4.74 Å². The van der Waals surface area contributed by atoms with Gasteiger partial charge in [0.05, 0.1) is 25.4 Å². The number of hydrogen-bond acceptors (Lipinski definition) is 6. The number of carbonyl (C=O) groups is 2. The van der Waals surface area contributed by atoms with Crippen molar-refractivity contribution in [2.24, 2.45) is 5.73 Å². The third kappa shape index (κ3) is 8.25. The number of alkyl halides is 8. The summed E-state index contributed by atoms with van der Waals surface area (Å²) in [5.74, 6) is -2.58. The van der Waals surface area contributed by atoms with Crippen molar-refractivity contribution in [3.63, 3.8) is 0 Å². The van der Waals surface area contributed by atoms with Gasteiger partial charge in [-0.2, -0.15) is 35.1 Å². The standard InChI is InChI=1S/C18H20F8N4O4/c19-16(20)34-13-5-10(30-3-4-33-7-14(30)31)1-2-11(13)28-15(32)12(6-27)29(8-17(21,22)23)9-18(24,25)26/h1-2,5,12,16H,3-4,6-9,27H2,(H,28,32)/t12-/m1/s1. The predicted octanol–water partition coefficient (Wildman–Crippen LogP) is 2.34. The lowest BCUT2D eigenvalue weighted by Crippen LogP contribution is -2.54. The Bertz CT molecular complexity index is 849. The molecule has 0 spiro atoms. The number of nitrogens with one attached hydrogen (secondary N) is 1. The third-order valence-corrected chi connectivity index (χ3v) is 4.47. The predicted molar refractivity (Wildman–Crippen MR) is 101 cm³/mol. The molecular formula is C18H20F8N4O4. The van der Waals surface area contributed by atoms with Crippen LogP contribution in [0.2, 0.25) is 0 Å². The molecule has 1 aliphatic rings. The highest BCUT2D eigenvalue weighted by Gasteiger charge is 2.42. The Kier molecular flexibility index (Phi) is 9.02. The number of morpholine rings is 1. The van der Waals surface area contributed by atoms with Crippen LogP contribution in [0.1, 0.15) is 0 Å². The molecule has 1 atom stereocenters. The summed E-state index contributed by atoms with van der Waals surface area (Å²) < 4.78 is 112. The topological polar surface area (TPSA) is 97.1 Å². The number of ether oxygens (including phenoxy) is 2. The van der Waals surface area contributed by atoms with E-state index in [-0.39, 0.29) is 30.3 Å². The Labute approximate surface area is 187 Å². The smallest absolute Gasteiger partial charge is 0.401 e. The molecule has 0 unspecified atom stereocenters. The van der Waals surface area contributed by atoms with Crippen molar-refractivity contribution in [2.75, 3.05) is 49.6 Å². The fourth-order valence-electron chi connectivity index (χ4n) is 3.14. The number of amides is 2. The maximum atomic E-state index is 12.9. The van der Waals surface area contributed by atoms with Gasteiger partial charge in [-0.3, -0.25) is 14.5 Å². The molecule has 0 aliphatic carbocycles. The zero-order valence-electron chi connectivity index (χ0n) is 17.3. The Morgan fingerprint density at radius 3 is 2.29 bits per heavy atom. The zero-order valence-corrected chi connectivity index (χ0v) is 17.3. The van der Waals surface area contributed by atoms with Gasteiger partial charge in [-0.1, -0.05) is 0 Å². The van der Waals surface area contributed by atoms with E-state index < -0.39 is 67.9 Å². The molecule has 2 amide bonds. The Hall–Kier alpha value is -2.72. The molecule has 0 aromatic heterocycles. The van der Waals surface area contributed by atoms with E-state index in [1.54, 1.807) is 0 Å². The molecule has 16 heteroatoms. The van der Waals surface area contributed by atoms with Crippen molar-refractivity contribution in [3.8, 4) is 5.75 Å². The summed E-state index contributed by atoms with van der Waals surface area (Å²) in [6, 6.07) is 1.09. The molecule has 1 fully saturated rings. The van der Waals surface area contributed by atoms with Crippen molar-refractivity contribution < 1.29 is 54.2 Å². The number of halogens is 8. The van der Waals surface area contributed by atoms with E-state index >= 15 is 0 Å². The normalized spacial score (nSPS) is 16.2. The average Bonchev–Trinajstić information content (AvgIpc) is 2.67. The van der Waals surface area contributed by atoms with Gasteiger partial charge >= 0.3 is 19.0 Å². The second-order valence-electron chi connectivity index (χ2n) is 7.03. The van der Waals surface area contributed by atoms with E-state index in [0.29, 0.717) is 0 Å². The highest BCUT2D eigenvalue weighted by molar-refractivity contribution is 5.98. The van der Waals surface area contributed by atoms with Crippen LogP contribution in [-0.4, -0.2) is 81.1 Å². The number of nitrogens with two attached hydrogens (primary N) is 1. The number of nitrogens with zero attached hydrogens (tertiary/aromatic N) is 2. The second kappa shape index (κ2) is 11.1. The van der Waals surface area contributed by atoms with E-state index in [4.69, 9.17) is 10.5 Å². The molecule has 2 rings (SSSR count). The van der Waals surface area contributed by atoms with Crippen LogP contribution in [0.3, 0.4) is 0 Å². The molecule has 192 valence electrons. The minimum absolute atomic E-state index is 0.0811. The van der Waals surface area contributed by atoms with Gasteiger partial charge in [-0.05, 0) is 12.1 Å². The van der Waals surface area contributed by atoms with Gasteiger partial charge in [-0.15, -0.1) is 0 Å². The van der Waals surface area contributed by atoms with Gasteiger partial charge < -0.3 is 25.4 Å². The van der Waals surface area contributed by atoms with Crippen molar-refractivity contribution in [3.05, 3.63) is 18.2 Å². The highest BCUT2D eigenvalue weighted by atomic mass is 19.4. The molecule has 8 nitrogen and oxygen atoms in total. The number of rotatable bonds is 9. The highest BCUT2D eigenvalue weighted by Crippen LogP contribution is 2.32. The lowest BCUT2D eigenvalue weighted by atomic mass is 10.2. The Balaban J connectivity index is 2.32. The zero-order chi connectivity index (χ0) is 25.7. The first-order valence-electron chi connectivity index (χ1n) is 9.55.